The van der Waals surface area contributed by atoms with Crippen LogP contribution < -0.4 is 10.9 Å². The van der Waals surface area contributed by atoms with Gasteiger partial charge in [0, 0.05) is 6.54 Å². The highest BCUT2D eigenvalue weighted by molar-refractivity contribution is 5.70. The summed E-state index contributed by atoms with van der Waals surface area (Å²) in [6.07, 6.45) is 0.0338. The number of aromatic nitrogens is 4. The van der Waals surface area contributed by atoms with Crippen LogP contribution in [0.25, 0.3) is 11.2 Å². The molecule has 0 amide bonds. The molecule has 1 aliphatic heterocycles. The number of fused-ring (bicyclic) bond motifs is 1. The Kier molecular flexibility index (Phi) is 5.33. The molecule has 0 aliphatic carbocycles. The monoisotopic (exact) mass is 353 g/mol. The van der Waals surface area contributed by atoms with E-state index in [0.717, 1.165) is 19.3 Å². The minimum Gasteiger partial charge on any atom is -0.394 e. The molecule has 3 heterocycles. The van der Waals surface area contributed by atoms with E-state index in [2.05, 4.69) is 27.2 Å². The van der Waals surface area contributed by atoms with Crippen molar-refractivity contribution in [1.29, 1.82) is 0 Å². The van der Waals surface area contributed by atoms with Crippen molar-refractivity contribution < 1.29 is 20.1 Å². The summed E-state index contributed by atoms with van der Waals surface area (Å²) in [6.45, 7) is 2.34. The average molecular weight is 353 g/mol. The van der Waals surface area contributed by atoms with E-state index in [4.69, 9.17) is 4.74 Å². The van der Waals surface area contributed by atoms with Crippen LogP contribution in [0.15, 0.2) is 11.1 Å². The highest BCUT2D eigenvalue weighted by Gasteiger charge is 2.44. The number of anilines is 1. The van der Waals surface area contributed by atoms with E-state index in [9.17, 15) is 20.1 Å². The zero-order valence-electron chi connectivity index (χ0n) is 13.9. The van der Waals surface area contributed by atoms with Gasteiger partial charge in [-0.1, -0.05) is 19.8 Å². The number of nitrogens with zero attached hydrogens (tertiary/aromatic N) is 3. The molecule has 1 saturated heterocycles. The molecule has 5 N–H and O–H groups in total. The fraction of sp³-hybridized carbons (Fsp3) is 0.667. The van der Waals surface area contributed by atoms with Gasteiger partial charge in [-0.15, -0.1) is 0 Å². The van der Waals surface area contributed by atoms with Gasteiger partial charge < -0.3 is 25.4 Å². The van der Waals surface area contributed by atoms with Gasteiger partial charge in [-0.25, -0.2) is 4.98 Å². The summed E-state index contributed by atoms with van der Waals surface area (Å²) >= 11 is 0. The Bertz CT molecular complexity index is 775. The molecule has 4 atom stereocenters. The van der Waals surface area contributed by atoms with Crippen LogP contribution in [0.5, 0.6) is 0 Å². The second kappa shape index (κ2) is 7.48. The topological polar surface area (TPSA) is 146 Å². The van der Waals surface area contributed by atoms with Gasteiger partial charge in [-0.05, 0) is 6.42 Å². The molecule has 1 aliphatic rings. The van der Waals surface area contributed by atoms with Crippen molar-refractivity contribution >= 4 is 17.1 Å². The Labute approximate surface area is 143 Å². The lowest BCUT2D eigenvalue weighted by Crippen LogP contribution is -2.33. The van der Waals surface area contributed by atoms with E-state index >= 15 is 0 Å². The Morgan fingerprint density at radius 1 is 1.36 bits per heavy atom. The highest BCUT2D eigenvalue weighted by atomic mass is 16.6. The summed E-state index contributed by atoms with van der Waals surface area (Å²) in [7, 11) is 0. The third kappa shape index (κ3) is 3.38. The van der Waals surface area contributed by atoms with Crippen LogP contribution in [-0.2, 0) is 4.74 Å². The number of aliphatic hydroxyl groups excluding tert-OH is 3. The lowest BCUT2D eigenvalue weighted by atomic mass is 10.1. The molecule has 3 rings (SSSR count). The maximum Gasteiger partial charge on any atom is 0.280 e. The zero-order valence-corrected chi connectivity index (χ0v) is 13.9. The largest absolute Gasteiger partial charge is 0.394 e. The van der Waals surface area contributed by atoms with Gasteiger partial charge in [-0.3, -0.25) is 14.3 Å². The first-order chi connectivity index (χ1) is 12.1. The second-order valence-corrected chi connectivity index (χ2v) is 6.10. The molecular formula is C15H23N5O5. The van der Waals surface area contributed by atoms with Crippen molar-refractivity contribution in [3.8, 4) is 0 Å². The lowest BCUT2D eigenvalue weighted by Gasteiger charge is -2.16. The Morgan fingerprint density at radius 2 is 2.16 bits per heavy atom. The SMILES string of the molecule is CCCCCNc1nc2c(ncn2[C@@H]2O[C@H](CO)[C@@H](O)[C@H]2O)c(=O)[nH]1. The highest BCUT2D eigenvalue weighted by Crippen LogP contribution is 2.30. The third-order valence-corrected chi connectivity index (χ3v) is 4.30. The van der Waals surface area contributed by atoms with Crippen molar-refractivity contribution in [1.82, 2.24) is 19.5 Å². The molecule has 0 bridgehead atoms. The quantitative estimate of drug-likeness (QED) is 0.412. The van der Waals surface area contributed by atoms with Crippen molar-refractivity contribution in [3.63, 3.8) is 0 Å². The number of aliphatic hydroxyl groups is 3. The maximum absolute atomic E-state index is 12.2. The number of H-pyrrole nitrogens is 1. The first-order valence-electron chi connectivity index (χ1n) is 8.40. The summed E-state index contributed by atoms with van der Waals surface area (Å²) < 4.78 is 6.87. The number of imidazole rings is 1. The molecule has 0 spiro atoms. The first-order valence-corrected chi connectivity index (χ1v) is 8.40. The summed E-state index contributed by atoms with van der Waals surface area (Å²) in [5.74, 6) is 0.307. The number of rotatable bonds is 7. The van der Waals surface area contributed by atoms with Gasteiger partial charge in [0.15, 0.2) is 17.4 Å². The van der Waals surface area contributed by atoms with Gasteiger partial charge in [0.1, 0.15) is 18.3 Å². The van der Waals surface area contributed by atoms with E-state index in [1.54, 1.807) is 0 Å². The number of hydrogen-bond donors (Lipinski definition) is 5. The molecule has 10 heteroatoms. The normalized spacial score (nSPS) is 26.4. The first kappa shape index (κ1) is 17.8. The Balaban J connectivity index is 1.89. The molecule has 25 heavy (non-hydrogen) atoms. The predicted molar refractivity (Wildman–Crippen MR) is 89.2 cm³/mol. The third-order valence-electron chi connectivity index (χ3n) is 4.30. The number of aromatic amines is 1. The standard InChI is InChI=1S/C15H23N5O5/c1-2-3-4-5-16-15-18-12-9(13(24)19-15)17-7-20(12)14-11(23)10(22)8(6-21)25-14/h7-8,10-11,14,21-23H,2-6H2,1H3,(H2,16,18,19,24)/t8-,10-,11-,14-/m1/s1. The van der Waals surface area contributed by atoms with Crippen LogP contribution in [0.3, 0.4) is 0 Å². The van der Waals surface area contributed by atoms with Gasteiger partial charge in [0.05, 0.1) is 12.9 Å². The summed E-state index contributed by atoms with van der Waals surface area (Å²) in [6, 6.07) is 0. The Morgan fingerprint density at radius 3 is 2.84 bits per heavy atom. The molecular weight excluding hydrogens is 330 g/mol. The molecule has 0 radical (unpaired) electrons. The van der Waals surface area contributed by atoms with Crippen LogP contribution in [0.1, 0.15) is 32.4 Å². The fourth-order valence-corrected chi connectivity index (χ4v) is 2.89. The number of ether oxygens (including phenoxy) is 1. The fourth-order valence-electron chi connectivity index (χ4n) is 2.89. The van der Waals surface area contributed by atoms with Crippen molar-refractivity contribution in [3.05, 3.63) is 16.7 Å². The Hall–Kier alpha value is -2.01. The van der Waals surface area contributed by atoms with E-state index in [1.807, 2.05) is 0 Å². The lowest BCUT2D eigenvalue weighted by molar-refractivity contribution is -0.0511. The second-order valence-electron chi connectivity index (χ2n) is 6.10. The summed E-state index contributed by atoms with van der Waals surface area (Å²) in [5, 5.41) is 32.3. The molecule has 10 nitrogen and oxygen atoms in total. The average Bonchev–Trinajstić information content (AvgIpc) is 3.14. The summed E-state index contributed by atoms with van der Waals surface area (Å²) in [5.41, 5.74) is -0.0677. The van der Waals surface area contributed by atoms with E-state index in [0.29, 0.717) is 12.5 Å². The number of unbranched alkanes of at least 4 members (excludes halogenated alkanes) is 2. The van der Waals surface area contributed by atoms with E-state index < -0.39 is 36.7 Å². The van der Waals surface area contributed by atoms with Crippen LogP contribution in [0.2, 0.25) is 0 Å². The smallest absolute Gasteiger partial charge is 0.280 e. The molecule has 1 fully saturated rings. The number of nitrogens with one attached hydrogen (secondary N) is 2. The van der Waals surface area contributed by atoms with Crippen molar-refractivity contribution in [2.75, 3.05) is 18.5 Å². The molecule has 0 saturated carbocycles. The summed E-state index contributed by atoms with van der Waals surface area (Å²) in [4.78, 5) is 23.2. The number of hydrogen-bond acceptors (Lipinski definition) is 8. The molecule has 2 aromatic rings. The minimum atomic E-state index is -1.27. The van der Waals surface area contributed by atoms with Crippen LogP contribution in [0.4, 0.5) is 5.95 Å². The molecule has 0 unspecified atom stereocenters. The van der Waals surface area contributed by atoms with Gasteiger partial charge in [0.25, 0.3) is 5.56 Å². The molecule has 2 aromatic heterocycles. The maximum atomic E-state index is 12.2. The van der Waals surface area contributed by atoms with E-state index in [1.165, 1.54) is 10.9 Å². The van der Waals surface area contributed by atoms with Crippen LogP contribution >= 0.6 is 0 Å². The predicted octanol–water partition coefficient (Wildman–Crippen LogP) is -0.667. The minimum absolute atomic E-state index is 0.108. The zero-order chi connectivity index (χ0) is 18.0. The molecule has 138 valence electrons. The van der Waals surface area contributed by atoms with Gasteiger partial charge in [0.2, 0.25) is 5.95 Å². The van der Waals surface area contributed by atoms with Gasteiger partial charge in [-0.2, -0.15) is 4.98 Å². The van der Waals surface area contributed by atoms with Crippen molar-refractivity contribution in [2.45, 2.75) is 50.7 Å². The van der Waals surface area contributed by atoms with Crippen LogP contribution in [-0.4, -0.2) is 66.3 Å². The molecule has 0 aromatic carbocycles. The van der Waals surface area contributed by atoms with Crippen LogP contribution in [0, 0.1) is 0 Å². The van der Waals surface area contributed by atoms with E-state index in [-0.39, 0.29) is 11.2 Å². The van der Waals surface area contributed by atoms with Crippen molar-refractivity contribution in [2.24, 2.45) is 0 Å². The van der Waals surface area contributed by atoms with Gasteiger partial charge >= 0.3 is 0 Å².